The lowest BCUT2D eigenvalue weighted by Crippen LogP contribution is -2.14. The number of aromatic nitrogens is 1. The van der Waals surface area contributed by atoms with Crippen molar-refractivity contribution in [3.63, 3.8) is 0 Å². The highest BCUT2D eigenvalue weighted by molar-refractivity contribution is 6.30. The summed E-state index contributed by atoms with van der Waals surface area (Å²) in [5.74, 6) is 1.08. The fraction of sp³-hybridized carbons (Fsp3) is 0.286. The molecule has 2 heterocycles. The number of halogens is 1. The molecule has 19 heavy (non-hydrogen) atoms. The lowest BCUT2D eigenvalue weighted by molar-refractivity contribution is -0.117. The normalized spacial score (nSPS) is 21.2. The Morgan fingerprint density at radius 2 is 2.42 bits per heavy atom. The van der Waals surface area contributed by atoms with Crippen molar-refractivity contribution in [2.24, 2.45) is 5.92 Å². The van der Waals surface area contributed by atoms with E-state index in [2.05, 4.69) is 10.3 Å². The highest BCUT2D eigenvalue weighted by Gasteiger charge is 2.45. The summed E-state index contributed by atoms with van der Waals surface area (Å²) in [6, 6.07) is 5.57. The molecule has 0 radical (unpaired) electrons. The summed E-state index contributed by atoms with van der Waals surface area (Å²) in [5.41, 5.74) is 1.52. The number of carbonyl (C=O) groups is 1. The van der Waals surface area contributed by atoms with Crippen LogP contribution < -0.4 is 5.32 Å². The minimum absolute atomic E-state index is 0.00456. The fourth-order valence-corrected chi connectivity index (χ4v) is 2.27. The fourth-order valence-electron chi connectivity index (χ4n) is 2.16. The molecule has 0 spiro atoms. The number of anilines is 1. The molecule has 3 rings (SSSR count). The zero-order valence-corrected chi connectivity index (χ0v) is 11.1. The van der Waals surface area contributed by atoms with Gasteiger partial charge in [0.05, 0.1) is 18.1 Å². The Morgan fingerprint density at radius 3 is 3.11 bits per heavy atom. The number of aryl methyl sites for hydroxylation is 1. The van der Waals surface area contributed by atoms with Gasteiger partial charge in [-0.3, -0.25) is 4.79 Å². The van der Waals surface area contributed by atoms with Crippen molar-refractivity contribution in [2.75, 3.05) is 5.32 Å². The Morgan fingerprint density at radius 1 is 1.58 bits per heavy atom. The molecule has 2 aromatic rings. The number of amides is 1. The van der Waals surface area contributed by atoms with Crippen molar-refractivity contribution in [2.45, 2.75) is 19.3 Å². The van der Waals surface area contributed by atoms with E-state index < -0.39 is 0 Å². The van der Waals surface area contributed by atoms with E-state index in [-0.39, 0.29) is 17.7 Å². The maximum atomic E-state index is 12.1. The number of carbonyl (C=O) groups excluding carboxylic acids is 1. The van der Waals surface area contributed by atoms with Gasteiger partial charge in [0.15, 0.2) is 0 Å². The molecule has 0 saturated heterocycles. The van der Waals surface area contributed by atoms with Crippen LogP contribution in [-0.2, 0) is 4.79 Å². The van der Waals surface area contributed by atoms with Crippen LogP contribution >= 0.6 is 11.6 Å². The number of pyridine rings is 1. The molecule has 4 nitrogen and oxygen atoms in total. The van der Waals surface area contributed by atoms with Crippen LogP contribution in [0.4, 0.5) is 5.69 Å². The van der Waals surface area contributed by atoms with Crippen molar-refractivity contribution in [1.29, 1.82) is 0 Å². The average molecular weight is 277 g/mol. The summed E-state index contributed by atoms with van der Waals surface area (Å²) in [6.45, 7) is 1.85. The quantitative estimate of drug-likeness (QED) is 0.875. The highest BCUT2D eigenvalue weighted by atomic mass is 35.5. The minimum atomic E-state index is -0.0119. The molecule has 0 bridgehead atoms. The van der Waals surface area contributed by atoms with Crippen LogP contribution in [-0.4, -0.2) is 10.9 Å². The van der Waals surface area contributed by atoms with E-state index in [9.17, 15) is 4.79 Å². The molecule has 1 aliphatic rings. The van der Waals surface area contributed by atoms with Gasteiger partial charge in [-0.15, -0.1) is 0 Å². The molecular formula is C14H13ClN2O2. The standard InChI is InChI=1S/C14H13ClN2O2/c1-8-5-9(7-16-13(8)15)17-14(18)11-6-10(11)12-3-2-4-19-12/h2-5,7,10-11H,6H2,1H3,(H,17,18)/t10-,11+/m1/s1. The summed E-state index contributed by atoms with van der Waals surface area (Å²) in [6.07, 6.45) is 4.03. The number of nitrogens with one attached hydrogen (secondary N) is 1. The Kier molecular flexibility index (Phi) is 3.03. The van der Waals surface area contributed by atoms with Gasteiger partial charge in [-0.05, 0) is 37.1 Å². The van der Waals surface area contributed by atoms with Gasteiger partial charge in [-0.2, -0.15) is 0 Å². The molecule has 0 unspecified atom stereocenters. The van der Waals surface area contributed by atoms with Crippen LogP contribution in [0, 0.1) is 12.8 Å². The third-order valence-corrected chi connectivity index (χ3v) is 3.71. The van der Waals surface area contributed by atoms with Crippen LogP contribution in [0.1, 0.15) is 23.7 Å². The molecule has 5 heteroatoms. The van der Waals surface area contributed by atoms with Crippen molar-refractivity contribution >= 4 is 23.2 Å². The summed E-state index contributed by atoms with van der Waals surface area (Å²) >= 11 is 5.85. The number of hydrogen-bond donors (Lipinski definition) is 1. The van der Waals surface area contributed by atoms with Crippen LogP contribution in [0.15, 0.2) is 35.1 Å². The zero-order valence-electron chi connectivity index (χ0n) is 10.4. The van der Waals surface area contributed by atoms with E-state index in [0.717, 1.165) is 17.7 Å². The number of hydrogen-bond acceptors (Lipinski definition) is 3. The Hall–Kier alpha value is -1.81. The number of rotatable bonds is 3. The van der Waals surface area contributed by atoms with E-state index in [1.165, 1.54) is 0 Å². The molecular weight excluding hydrogens is 264 g/mol. The van der Waals surface area contributed by atoms with Gasteiger partial charge < -0.3 is 9.73 Å². The molecule has 1 N–H and O–H groups in total. The van der Waals surface area contributed by atoms with E-state index in [0.29, 0.717) is 10.8 Å². The second-order valence-corrected chi connectivity index (χ2v) is 5.14. The molecule has 0 aliphatic heterocycles. The van der Waals surface area contributed by atoms with E-state index in [1.54, 1.807) is 12.5 Å². The van der Waals surface area contributed by atoms with Gasteiger partial charge in [0, 0.05) is 11.8 Å². The number of furan rings is 1. The topological polar surface area (TPSA) is 55.1 Å². The van der Waals surface area contributed by atoms with E-state index in [4.69, 9.17) is 16.0 Å². The molecule has 1 saturated carbocycles. The first-order chi connectivity index (χ1) is 9.15. The first kappa shape index (κ1) is 12.2. The average Bonchev–Trinajstić information content (AvgIpc) is 3.01. The van der Waals surface area contributed by atoms with Crippen LogP contribution in [0.5, 0.6) is 0 Å². The predicted octanol–water partition coefficient (Wildman–Crippen LogP) is 3.38. The van der Waals surface area contributed by atoms with Gasteiger partial charge in [0.25, 0.3) is 0 Å². The first-order valence-electron chi connectivity index (χ1n) is 6.11. The first-order valence-corrected chi connectivity index (χ1v) is 6.49. The second-order valence-electron chi connectivity index (χ2n) is 4.79. The minimum Gasteiger partial charge on any atom is -0.469 e. The van der Waals surface area contributed by atoms with Crippen molar-refractivity contribution in [3.05, 3.63) is 47.1 Å². The van der Waals surface area contributed by atoms with Crippen molar-refractivity contribution < 1.29 is 9.21 Å². The monoisotopic (exact) mass is 276 g/mol. The summed E-state index contributed by atoms with van der Waals surface area (Å²) in [7, 11) is 0. The SMILES string of the molecule is Cc1cc(NC(=O)[C@H]2C[C@H]2c2ccco2)cnc1Cl. The highest BCUT2D eigenvalue weighted by Crippen LogP contribution is 2.48. The summed E-state index contributed by atoms with van der Waals surface area (Å²) in [4.78, 5) is 16.1. The van der Waals surface area contributed by atoms with Crippen LogP contribution in [0.2, 0.25) is 5.15 Å². The van der Waals surface area contributed by atoms with Crippen LogP contribution in [0.25, 0.3) is 0 Å². The zero-order chi connectivity index (χ0) is 13.4. The van der Waals surface area contributed by atoms with E-state index >= 15 is 0 Å². The van der Waals surface area contributed by atoms with Gasteiger partial charge in [-0.1, -0.05) is 11.6 Å². The maximum absolute atomic E-state index is 12.1. The van der Waals surface area contributed by atoms with Gasteiger partial charge in [0.2, 0.25) is 5.91 Å². The molecule has 1 amide bonds. The lowest BCUT2D eigenvalue weighted by atomic mass is 10.2. The van der Waals surface area contributed by atoms with Gasteiger partial charge >= 0.3 is 0 Å². The van der Waals surface area contributed by atoms with Crippen molar-refractivity contribution in [3.8, 4) is 0 Å². The lowest BCUT2D eigenvalue weighted by Gasteiger charge is -2.05. The Balaban J connectivity index is 1.65. The smallest absolute Gasteiger partial charge is 0.228 e. The molecule has 0 aromatic carbocycles. The molecule has 98 valence electrons. The van der Waals surface area contributed by atoms with Crippen molar-refractivity contribution in [1.82, 2.24) is 4.98 Å². The third-order valence-electron chi connectivity index (χ3n) is 3.32. The van der Waals surface area contributed by atoms with E-state index in [1.807, 2.05) is 25.1 Å². The Bertz CT molecular complexity index is 610. The summed E-state index contributed by atoms with van der Waals surface area (Å²) in [5, 5.41) is 3.32. The third kappa shape index (κ3) is 2.49. The largest absolute Gasteiger partial charge is 0.469 e. The molecule has 1 aliphatic carbocycles. The molecule has 2 aromatic heterocycles. The number of nitrogens with zero attached hydrogens (tertiary/aromatic N) is 1. The Labute approximate surface area is 115 Å². The second kappa shape index (κ2) is 4.70. The van der Waals surface area contributed by atoms with Gasteiger partial charge in [-0.25, -0.2) is 4.98 Å². The molecule has 1 fully saturated rings. The van der Waals surface area contributed by atoms with Gasteiger partial charge in [0.1, 0.15) is 10.9 Å². The maximum Gasteiger partial charge on any atom is 0.228 e. The predicted molar refractivity (Wildman–Crippen MR) is 72.2 cm³/mol. The molecule has 2 atom stereocenters. The summed E-state index contributed by atoms with van der Waals surface area (Å²) < 4.78 is 5.31. The van der Waals surface area contributed by atoms with Crippen LogP contribution in [0.3, 0.4) is 0 Å².